The molecule has 0 aliphatic heterocycles. The molecular weight excluding hydrogens is 693 g/mol. The summed E-state index contributed by atoms with van der Waals surface area (Å²) >= 11 is 5.42. The lowest BCUT2D eigenvalue weighted by atomic mass is 10.1. The Morgan fingerprint density at radius 3 is 1.65 bits per heavy atom. The molecule has 52 heavy (non-hydrogen) atoms. The zero-order valence-corrected chi connectivity index (χ0v) is 30.0. The van der Waals surface area contributed by atoms with E-state index in [2.05, 4.69) is 157 Å². The zero-order valence-electron chi connectivity index (χ0n) is 27.5. The summed E-state index contributed by atoms with van der Waals surface area (Å²) in [5.74, 6) is 1.85. The molecule has 0 radical (unpaired) electrons. The highest BCUT2D eigenvalue weighted by Gasteiger charge is 2.23. The Morgan fingerprint density at radius 2 is 0.904 bits per heavy atom. The van der Waals surface area contributed by atoms with E-state index in [9.17, 15) is 0 Å². The van der Waals surface area contributed by atoms with Gasteiger partial charge in [0.25, 0.3) is 0 Å². The summed E-state index contributed by atoms with van der Waals surface area (Å²) in [5, 5.41) is 7.45. The van der Waals surface area contributed by atoms with Crippen LogP contribution < -0.4 is 4.90 Å². The van der Waals surface area contributed by atoms with Gasteiger partial charge in [-0.3, -0.25) is 4.90 Å². The third-order valence-electron chi connectivity index (χ3n) is 9.73. The van der Waals surface area contributed by atoms with Crippen molar-refractivity contribution in [3.8, 4) is 22.8 Å². The number of fused-ring (bicyclic) bond motifs is 9. The molecule has 0 N–H and O–H groups in total. The van der Waals surface area contributed by atoms with E-state index in [1.165, 1.54) is 60.5 Å². The molecule has 244 valence electrons. The highest BCUT2D eigenvalue weighted by molar-refractivity contribution is 7.27. The van der Waals surface area contributed by atoms with Crippen LogP contribution >= 0.6 is 34.0 Å². The number of hydrogen-bond acceptors (Lipinski definition) is 7. The first kappa shape index (κ1) is 29.7. The Morgan fingerprint density at radius 1 is 0.365 bits per heavy atom. The topological polar surface area (TPSA) is 41.9 Å². The van der Waals surface area contributed by atoms with E-state index >= 15 is 0 Å². The monoisotopic (exact) mass is 718 g/mol. The molecule has 0 amide bonds. The Balaban J connectivity index is 1.18. The molecule has 0 saturated heterocycles. The Bertz CT molecular complexity index is 3160. The Labute approximate surface area is 310 Å². The van der Waals surface area contributed by atoms with Crippen LogP contribution in [0.2, 0.25) is 0 Å². The predicted octanol–water partition coefficient (Wildman–Crippen LogP) is 13.8. The minimum Gasteiger partial charge on any atom is -0.278 e. The lowest BCUT2D eigenvalue weighted by molar-refractivity contribution is 1.03. The van der Waals surface area contributed by atoms with Gasteiger partial charge in [-0.1, -0.05) is 97.1 Å². The summed E-state index contributed by atoms with van der Waals surface area (Å²) in [4.78, 5) is 18.1. The molecule has 4 nitrogen and oxygen atoms in total. The predicted molar refractivity (Wildman–Crippen MR) is 224 cm³/mol. The third kappa shape index (κ3) is 4.74. The van der Waals surface area contributed by atoms with Crippen LogP contribution in [0.25, 0.3) is 83.3 Å². The zero-order chi connectivity index (χ0) is 34.2. The Kier molecular flexibility index (Phi) is 6.73. The third-order valence-corrected chi connectivity index (χ3v) is 13.2. The normalized spacial score (nSPS) is 11.8. The van der Waals surface area contributed by atoms with Crippen LogP contribution in [0.1, 0.15) is 0 Å². The van der Waals surface area contributed by atoms with Crippen LogP contribution in [0.4, 0.5) is 17.3 Å². The molecule has 7 heteroatoms. The summed E-state index contributed by atoms with van der Waals surface area (Å²) in [7, 11) is 0. The smallest absolute Gasteiger partial charge is 0.238 e. The standard InChI is InChI=1S/C45H26N4S3/c1-2-11-29(12-3-1)49(36-17-10-16-34-31-14-5-9-20-39(31)52-42(34)36)45-47-43(27-22-24-40-35(25-27)32-15-6-8-19-38(32)50-40)46-44(48-45)28-21-23-33-30-13-4-7-18-37(30)51-41(33)26-28/h1-26H. The molecule has 0 atom stereocenters. The van der Waals surface area contributed by atoms with Gasteiger partial charge in [0.2, 0.25) is 5.95 Å². The van der Waals surface area contributed by atoms with Crippen LogP contribution in [0.5, 0.6) is 0 Å². The van der Waals surface area contributed by atoms with E-state index in [0.29, 0.717) is 17.6 Å². The van der Waals surface area contributed by atoms with Crippen LogP contribution in [-0.4, -0.2) is 15.0 Å². The maximum Gasteiger partial charge on any atom is 0.238 e. The summed E-state index contributed by atoms with van der Waals surface area (Å²) in [6.45, 7) is 0. The maximum absolute atomic E-state index is 5.33. The van der Waals surface area contributed by atoms with Crippen molar-refractivity contribution < 1.29 is 0 Å². The molecule has 0 fully saturated rings. The lowest BCUT2D eigenvalue weighted by Crippen LogP contribution is -2.15. The molecule has 0 saturated carbocycles. The minimum absolute atomic E-state index is 0.572. The number of para-hydroxylation sites is 1. The van der Waals surface area contributed by atoms with Crippen molar-refractivity contribution >= 4 is 112 Å². The molecule has 11 rings (SSSR count). The summed E-state index contributed by atoms with van der Waals surface area (Å²) in [5.41, 5.74) is 3.93. The first-order valence-corrected chi connectivity index (χ1v) is 19.5. The summed E-state index contributed by atoms with van der Waals surface area (Å²) < 4.78 is 7.45. The van der Waals surface area contributed by atoms with Gasteiger partial charge in [-0.2, -0.15) is 9.97 Å². The van der Waals surface area contributed by atoms with Crippen LogP contribution in [-0.2, 0) is 0 Å². The SMILES string of the molecule is c1ccc(N(c2nc(-c3ccc4c(c3)sc3ccccc34)nc(-c3ccc4sc5ccccc5c4c3)n2)c2cccc3c2sc2ccccc23)cc1. The quantitative estimate of drug-likeness (QED) is 0.178. The molecule has 0 spiro atoms. The van der Waals surface area contributed by atoms with Gasteiger partial charge in [-0.25, -0.2) is 4.98 Å². The number of anilines is 3. The second-order valence-corrected chi connectivity index (χ2v) is 16.0. The molecule has 0 unspecified atom stereocenters. The number of rotatable bonds is 5. The van der Waals surface area contributed by atoms with Crippen LogP contribution in [0, 0.1) is 0 Å². The summed E-state index contributed by atoms with van der Waals surface area (Å²) in [6.07, 6.45) is 0. The van der Waals surface area contributed by atoms with Crippen molar-refractivity contribution in [1.29, 1.82) is 0 Å². The molecule has 0 bridgehead atoms. The van der Waals surface area contributed by atoms with E-state index in [1.54, 1.807) is 22.7 Å². The molecule has 0 aliphatic rings. The number of hydrogen-bond donors (Lipinski definition) is 0. The first-order valence-electron chi connectivity index (χ1n) is 17.1. The largest absolute Gasteiger partial charge is 0.278 e. The second-order valence-electron chi connectivity index (χ2n) is 12.8. The van der Waals surface area contributed by atoms with Crippen molar-refractivity contribution in [2.24, 2.45) is 0 Å². The molecule has 7 aromatic carbocycles. The number of thiophene rings is 3. The van der Waals surface area contributed by atoms with Gasteiger partial charge < -0.3 is 0 Å². The Hall–Kier alpha value is -5.99. The number of aromatic nitrogens is 3. The van der Waals surface area contributed by atoms with Gasteiger partial charge in [0.1, 0.15) is 0 Å². The van der Waals surface area contributed by atoms with Crippen LogP contribution in [0.15, 0.2) is 158 Å². The lowest BCUT2D eigenvalue weighted by Gasteiger charge is -2.24. The maximum atomic E-state index is 5.33. The van der Waals surface area contributed by atoms with Crippen molar-refractivity contribution in [2.75, 3.05) is 4.90 Å². The average molecular weight is 719 g/mol. The van der Waals surface area contributed by atoms with E-state index in [4.69, 9.17) is 15.0 Å². The molecule has 4 heterocycles. The second kappa shape index (κ2) is 11.8. The van der Waals surface area contributed by atoms with Gasteiger partial charge in [-0.05, 0) is 60.7 Å². The van der Waals surface area contributed by atoms with Gasteiger partial charge in [0.05, 0.1) is 10.4 Å². The van der Waals surface area contributed by atoms with E-state index in [0.717, 1.165) is 22.5 Å². The molecular formula is C45H26N4S3. The van der Waals surface area contributed by atoms with Crippen molar-refractivity contribution in [3.63, 3.8) is 0 Å². The summed E-state index contributed by atoms with van der Waals surface area (Å²) in [6, 6.07) is 56.0. The van der Waals surface area contributed by atoms with E-state index in [1.807, 2.05) is 17.4 Å². The van der Waals surface area contributed by atoms with E-state index < -0.39 is 0 Å². The van der Waals surface area contributed by atoms with Gasteiger partial charge in [0.15, 0.2) is 11.6 Å². The van der Waals surface area contributed by atoms with Crippen molar-refractivity contribution in [3.05, 3.63) is 158 Å². The highest BCUT2D eigenvalue weighted by atomic mass is 32.1. The van der Waals surface area contributed by atoms with Crippen molar-refractivity contribution in [1.82, 2.24) is 15.0 Å². The molecule has 4 aromatic heterocycles. The molecule has 11 aromatic rings. The number of benzene rings is 7. The fraction of sp³-hybridized carbons (Fsp3) is 0. The highest BCUT2D eigenvalue weighted by Crippen LogP contribution is 2.45. The number of nitrogens with zero attached hydrogens (tertiary/aromatic N) is 4. The van der Waals surface area contributed by atoms with Gasteiger partial charge in [-0.15, -0.1) is 34.0 Å². The van der Waals surface area contributed by atoms with Crippen LogP contribution in [0.3, 0.4) is 0 Å². The van der Waals surface area contributed by atoms with E-state index in [-0.39, 0.29) is 0 Å². The first-order chi connectivity index (χ1) is 25.7. The fourth-order valence-electron chi connectivity index (χ4n) is 7.30. The minimum atomic E-state index is 0.572. The van der Waals surface area contributed by atoms with Gasteiger partial charge >= 0.3 is 0 Å². The average Bonchev–Trinajstić information content (AvgIpc) is 3.89. The fourth-order valence-corrected chi connectivity index (χ4v) is 10.7. The van der Waals surface area contributed by atoms with Crippen molar-refractivity contribution in [2.45, 2.75) is 0 Å². The van der Waals surface area contributed by atoms with Gasteiger partial charge in [0, 0.05) is 72.6 Å². The molecule has 0 aliphatic carbocycles.